The first-order chi connectivity index (χ1) is 8.09. The maximum Gasteiger partial charge on any atom is 0.0890 e. The molecule has 0 saturated carbocycles. The fourth-order valence-corrected chi connectivity index (χ4v) is 1.74. The quantitative estimate of drug-likeness (QED) is 0.913. The van der Waals surface area contributed by atoms with Crippen molar-refractivity contribution in [2.45, 2.75) is 25.9 Å². The molecule has 6 heteroatoms. The van der Waals surface area contributed by atoms with Crippen molar-refractivity contribution in [3.8, 4) is 0 Å². The molecule has 1 aromatic carbocycles. The molecule has 0 aliphatic carbocycles. The third-order valence-electron chi connectivity index (χ3n) is 2.99. The van der Waals surface area contributed by atoms with Crippen LogP contribution in [0.4, 0.5) is 0 Å². The number of hydrogen-bond donors (Lipinski definition) is 2. The fraction of sp³-hybridized carbons (Fsp3) is 0.385. The van der Waals surface area contributed by atoms with Crippen LogP contribution in [-0.4, -0.2) is 16.0 Å². The van der Waals surface area contributed by atoms with E-state index in [1.165, 1.54) is 0 Å². The fourth-order valence-electron chi connectivity index (χ4n) is 1.74. The lowest BCUT2D eigenvalue weighted by Crippen LogP contribution is -2.38. The van der Waals surface area contributed by atoms with Gasteiger partial charge in [0.1, 0.15) is 0 Å². The summed E-state index contributed by atoms with van der Waals surface area (Å²) in [5.74, 6) is 0.318. The summed E-state index contributed by atoms with van der Waals surface area (Å²) in [6.45, 7) is 4.11. The van der Waals surface area contributed by atoms with Crippen molar-refractivity contribution in [2.75, 3.05) is 0 Å². The largest absolute Gasteiger partial charge is 0.326 e. The number of fused-ring (bicyclic) bond motifs is 1. The molecule has 0 saturated heterocycles. The van der Waals surface area contributed by atoms with Crippen molar-refractivity contribution < 1.29 is 0 Å². The minimum absolute atomic E-state index is 0. The van der Waals surface area contributed by atoms with Gasteiger partial charge in [0.25, 0.3) is 0 Å². The number of nitrogens with zero attached hydrogens (tertiary/aromatic N) is 2. The molecule has 0 aliphatic rings. The molecule has 2 atom stereocenters. The van der Waals surface area contributed by atoms with Crippen molar-refractivity contribution >= 4 is 35.8 Å². The van der Waals surface area contributed by atoms with Crippen molar-refractivity contribution in [3.05, 3.63) is 36.2 Å². The van der Waals surface area contributed by atoms with Gasteiger partial charge in [-0.05, 0) is 18.1 Å². The number of hydrogen-bond acceptors (Lipinski definition) is 4. The van der Waals surface area contributed by atoms with Crippen molar-refractivity contribution in [2.24, 2.45) is 17.4 Å². The van der Waals surface area contributed by atoms with Gasteiger partial charge in [0.15, 0.2) is 0 Å². The molecule has 0 spiro atoms. The zero-order chi connectivity index (χ0) is 12.4. The van der Waals surface area contributed by atoms with E-state index in [9.17, 15) is 0 Å². The Bertz CT molecular complexity index is 519. The highest BCUT2D eigenvalue weighted by Crippen LogP contribution is 2.17. The molecule has 0 bridgehead atoms. The minimum atomic E-state index is -0.271. The highest BCUT2D eigenvalue weighted by atomic mass is 35.5. The van der Waals surface area contributed by atoms with Gasteiger partial charge in [0.05, 0.1) is 29.0 Å². The maximum absolute atomic E-state index is 6.10. The van der Waals surface area contributed by atoms with E-state index in [-0.39, 0.29) is 36.9 Å². The van der Waals surface area contributed by atoms with Crippen LogP contribution in [0.1, 0.15) is 25.6 Å². The van der Waals surface area contributed by atoms with Crippen LogP contribution in [0.3, 0.4) is 0 Å². The monoisotopic (exact) mass is 302 g/mol. The minimum Gasteiger partial charge on any atom is -0.326 e. The van der Waals surface area contributed by atoms with Gasteiger partial charge in [-0.3, -0.25) is 4.98 Å². The van der Waals surface area contributed by atoms with Crippen LogP contribution >= 0.6 is 24.8 Å². The van der Waals surface area contributed by atoms with Crippen LogP contribution in [0, 0.1) is 5.92 Å². The zero-order valence-electron chi connectivity index (χ0n) is 11.0. The topological polar surface area (TPSA) is 77.8 Å². The molecule has 1 heterocycles. The third kappa shape index (κ3) is 4.01. The van der Waals surface area contributed by atoms with E-state index in [0.717, 1.165) is 16.7 Å². The second-order valence-electron chi connectivity index (χ2n) is 4.63. The first-order valence-electron chi connectivity index (χ1n) is 5.82. The summed E-state index contributed by atoms with van der Waals surface area (Å²) < 4.78 is 0. The van der Waals surface area contributed by atoms with Gasteiger partial charge in [-0.15, -0.1) is 24.8 Å². The summed E-state index contributed by atoms with van der Waals surface area (Å²) >= 11 is 0. The molecule has 106 valence electrons. The number of nitrogens with two attached hydrogens (primary N) is 2. The molecule has 0 radical (unpaired) electrons. The number of aromatic nitrogens is 2. The molecule has 2 rings (SSSR count). The highest BCUT2D eigenvalue weighted by Gasteiger charge is 2.20. The number of para-hydroxylation sites is 2. The normalized spacial score (nSPS) is 13.5. The van der Waals surface area contributed by atoms with E-state index in [0.29, 0.717) is 5.92 Å². The third-order valence-corrected chi connectivity index (χ3v) is 2.99. The van der Waals surface area contributed by atoms with Crippen LogP contribution in [0.2, 0.25) is 0 Å². The predicted octanol–water partition coefficient (Wildman–Crippen LogP) is 2.46. The average molecular weight is 303 g/mol. The Morgan fingerprint density at radius 3 is 2.16 bits per heavy atom. The Hall–Kier alpha value is -0.940. The number of benzene rings is 1. The second kappa shape index (κ2) is 7.60. The summed E-state index contributed by atoms with van der Waals surface area (Å²) in [5.41, 5.74) is 14.6. The highest BCUT2D eigenvalue weighted by molar-refractivity contribution is 5.85. The van der Waals surface area contributed by atoms with Gasteiger partial charge in [-0.25, -0.2) is 4.98 Å². The molecule has 19 heavy (non-hydrogen) atoms. The van der Waals surface area contributed by atoms with Crippen LogP contribution in [-0.2, 0) is 0 Å². The summed E-state index contributed by atoms with van der Waals surface area (Å²) in [7, 11) is 0. The van der Waals surface area contributed by atoms with Gasteiger partial charge in [0.2, 0.25) is 0 Å². The Balaban J connectivity index is 0.00000162. The summed E-state index contributed by atoms with van der Waals surface area (Å²) in [4.78, 5) is 8.86. The van der Waals surface area contributed by atoms with Crippen LogP contribution in [0.5, 0.6) is 0 Å². The Labute approximate surface area is 125 Å². The molecule has 0 aliphatic heterocycles. The van der Waals surface area contributed by atoms with E-state index >= 15 is 0 Å². The van der Waals surface area contributed by atoms with E-state index in [4.69, 9.17) is 11.5 Å². The maximum atomic E-state index is 6.10. The zero-order valence-corrected chi connectivity index (χ0v) is 12.6. The molecule has 4 nitrogen and oxygen atoms in total. The first kappa shape index (κ1) is 18.1. The van der Waals surface area contributed by atoms with Gasteiger partial charge in [-0.1, -0.05) is 26.0 Å². The molecular formula is C13H20Cl2N4. The van der Waals surface area contributed by atoms with E-state index in [1.54, 1.807) is 6.20 Å². The Morgan fingerprint density at radius 1 is 1.00 bits per heavy atom. The van der Waals surface area contributed by atoms with E-state index < -0.39 is 0 Å². The molecule has 0 amide bonds. The number of rotatable bonds is 3. The standard InChI is InChI=1S/C13H18N4.2ClH/c1-8(2)12(14)13(15)11-7-16-9-5-3-4-6-10(9)17-11;;/h3-8,12-13H,14-15H2,1-2H3;2*1H. The van der Waals surface area contributed by atoms with Gasteiger partial charge in [-0.2, -0.15) is 0 Å². The Kier molecular flexibility index (Phi) is 7.23. The molecule has 0 fully saturated rings. The average Bonchev–Trinajstić information content (AvgIpc) is 2.36. The van der Waals surface area contributed by atoms with Crippen molar-refractivity contribution in [1.29, 1.82) is 0 Å². The summed E-state index contributed by atoms with van der Waals surface area (Å²) in [6.07, 6.45) is 1.72. The van der Waals surface area contributed by atoms with Gasteiger partial charge in [0, 0.05) is 6.04 Å². The van der Waals surface area contributed by atoms with Crippen LogP contribution in [0.15, 0.2) is 30.5 Å². The lowest BCUT2D eigenvalue weighted by atomic mass is 9.96. The lowest BCUT2D eigenvalue weighted by molar-refractivity contribution is 0.417. The predicted molar refractivity (Wildman–Crippen MR) is 83.8 cm³/mol. The second-order valence-corrected chi connectivity index (χ2v) is 4.63. The van der Waals surface area contributed by atoms with Crippen LogP contribution < -0.4 is 11.5 Å². The van der Waals surface area contributed by atoms with Gasteiger partial charge >= 0.3 is 0 Å². The van der Waals surface area contributed by atoms with Gasteiger partial charge < -0.3 is 11.5 Å². The summed E-state index contributed by atoms with van der Waals surface area (Å²) in [5, 5.41) is 0. The summed E-state index contributed by atoms with van der Waals surface area (Å²) in [6, 6.07) is 7.36. The van der Waals surface area contributed by atoms with E-state index in [1.807, 2.05) is 24.3 Å². The first-order valence-corrected chi connectivity index (χ1v) is 5.82. The smallest absolute Gasteiger partial charge is 0.0890 e. The Morgan fingerprint density at radius 2 is 1.58 bits per heavy atom. The lowest BCUT2D eigenvalue weighted by Gasteiger charge is -2.22. The molecule has 1 aromatic heterocycles. The molecule has 2 aromatic rings. The SMILES string of the molecule is CC(C)C(N)C(N)c1cnc2ccccc2n1.Cl.Cl. The van der Waals surface area contributed by atoms with Crippen molar-refractivity contribution in [3.63, 3.8) is 0 Å². The molecule has 2 unspecified atom stereocenters. The van der Waals surface area contributed by atoms with Crippen LogP contribution in [0.25, 0.3) is 11.0 Å². The van der Waals surface area contributed by atoms with E-state index in [2.05, 4.69) is 23.8 Å². The molecular weight excluding hydrogens is 283 g/mol. The molecule has 4 N–H and O–H groups in total. The number of halogens is 2. The van der Waals surface area contributed by atoms with Crippen molar-refractivity contribution in [1.82, 2.24) is 9.97 Å².